The lowest BCUT2D eigenvalue weighted by Gasteiger charge is -2.34. The van der Waals surface area contributed by atoms with Crippen molar-refractivity contribution in [2.45, 2.75) is 27.2 Å². The van der Waals surface area contributed by atoms with Crippen LogP contribution >= 0.6 is 0 Å². The van der Waals surface area contributed by atoms with Crippen molar-refractivity contribution >= 4 is 23.6 Å². The van der Waals surface area contributed by atoms with Crippen LogP contribution in [0.5, 0.6) is 0 Å². The van der Waals surface area contributed by atoms with E-state index in [9.17, 15) is 14.4 Å². The summed E-state index contributed by atoms with van der Waals surface area (Å²) in [7, 11) is 0. The Hall–Kier alpha value is -2.57. The third kappa shape index (κ3) is 4.40. The second kappa shape index (κ2) is 7.98. The van der Waals surface area contributed by atoms with Gasteiger partial charge in [-0.1, -0.05) is 17.7 Å². The van der Waals surface area contributed by atoms with Gasteiger partial charge >= 0.3 is 6.09 Å². The van der Waals surface area contributed by atoms with E-state index in [-0.39, 0.29) is 29.7 Å². The standard InChI is InChI=1S/C20H27N3O4/c1-4-27-20(26)23-9-7-22(8-10-23)19(25)16-12-15(16)18(24)21-17-6-5-13(2)11-14(17)3/h5-6,11,15-16H,4,7-10,12H2,1-3H3,(H,21,24). The molecule has 1 aromatic rings. The van der Waals surface area contributed by atoms with Crippen LogP contribution in [0.4, 0.5) is 10.5 Å². The van der Waals surface area contributed by atoms with Crippen molar-refractivity contribution in [2.24, 2.45) is 11.8 Å². The highest BCUT2D eigenvalue weighted by Gasteiger charge is 2.49. The van der Waals surface area contributed by atoms with Crippen molar-refractivity contribution < 1.29 is 19.1 Å². The third-order valence-electron chi connectivity index (χ3n) is 5.20. The van der Waals surface area contributed by atoms with Gasteiger partial charge in [-0.3, -0.25) is 9.59 Å². The van der Waals surface area contributed by atoms with E-state index >= 15 is 0 Å². The number of ether oxygens (including phenoxy) is 1. The molecule has 1 aromatic carbocycles. The fourth-order valence-electron chi connectivity index (χ4n) is 3.50. The van der Waals surface area contributed by atoms with Crippen LogP contribution in [0.2, 0.25) is 0 Å². The minimum Gasteiger partial charge on any atom is -0.450 e. The number of anilines is 1. The van der Waals surface area contributed by atoms with E-state index in [4.69, 9.17) is 4.74 Å². The van der Waals surface area contributed by atoms with Crippen LogP contribution in [0.1, 0.15) is 24.5 Å². The minimum absolute atomic E-state index is 0.0132. The molecule has 1 N–H and O–H groups in total. The molecule has 0 bridgehead atoms. The van der Waals surface area contributed by atoms with Gasteiger partial charge < -0.3 is 19.9 Å². The van der Waals surface area contributed by atoms with Gasteiger partial charge in [-0.05, 0) is 38.8 Å². The highest BCUT2D eigenvalue weighted by molar-refractivity contribution is 6.00. The number of aryl methyl sites for hydroxylation is 2. The molecule has 27 heavy (non-hydrogen) atoms. The lowest BCUT2D eigenvalue weighted by Crippen LogP contribution is -2.51. The summed E-state index contributed by atoms with van der Waals surface area (Å²) in [6.45, 7) is 8.00. The average Bonchev–Trinajstić information content (AvgIpc) is 3.44. The maximum Gasteiger partial charge on any atom is 0.409 e. The summed E-state index contributed by atoms with van der Waals surface area (Å²) < 4.78 is 4.99. The molecule has 1 saturated heterocycles. The summed E-state index contributed by atoms with van der Waals surface area (Å²) in [5, 5.41) is 2.94. The molecule has 1 heterocycles. The number of benzene rings is 1. The van der Waals surface area contributed by atoms with Crippen molar-refractivity contribution in [3.8, 4) is 0 Å². The molecule has 3 rings (SSSR count). The average molecular weight is 373 g/mol. The molecule has 1 saturated carbocycles. The summed E-state index contributed by atoms with van der Waals surface area (Å²) in [4.78, 5) is 40.2. The molecular formula is C20H27N3O4. The first kappa shape index (κ1) is 19.2. The van der Waals surface area contributed by atoms with Crippen LogP contribution in [0.3, 0.4) is 0 Å². The van der Waals surface area contributed by atoms with Crippen molar-refractivity contribution in [1.29, 1.82) is 0 Å². The number of hydrogen-bond acceptors (Lipinski definition) is 4. The molecule has 7 heteroatoms. The number of piperazine rings is 1. The van der Waals surface area contributed by atoms with E-state index in [0.29, 0.717) is 39.2 Å². The van der Waals surface area contributed by atoms with Crippen molar-refractivity contribution in [2.75, 3.05) is 38.1 Å². The zero-order valence-electron chi connectivity index (χ0n) is 16.2. The molecule has 146 valence electrons. The topological polar surface area (TPSA) is 79.0 Å². The lowest BCUT2D eigenvalue weighted by molar-refractivity contribution is -0.135. The van der Waals surface area contributed by atoms with Crippen molar-refractivity contribution in [3.05, 3.63) is 29.3 Å². The Morgan fingerprint density at radius 1 is 1.07 bits per heavy atom. The fraction of sp³-hybridized carbons (Fsp3) is 0.550. The number of carbonyl (C=O) groups excluding carboxylic acids is 3. The Morgan fingerprint density at radius 3 is 2.37 bits per heavy atom. The first-order valence-electron chi connectivity index (χ1n) is 9.49. The number of carbonyl (C=O) groups is 3. The van der Waals surface area contributed by atoms with E-state index in [1.165, 1.54) is 0 Å². The highest BCUT2D eigenvalue weighted by Crippen LogP contribution is 2.41. The molecule has 2 atom stereocenters. The number of rotatable bonds is 4. The largest absolute Gasteiger partial charge is 0.450 e. The second-order valence-corrected chi connectivity index (χ2v) is 7.27. The van der Waals surface area contributed by atoms with Gasteiger partial charge in [-0.2, -0.15) is 0 Å². The monoisotopic (exact) mass is 373 g/mol. The number of hydrogen-bond donors (Lipinski definition) is 1. The molecule has 1 aliphatic heterocycles. The predicted octanol–water partition coefficient (Wildman–Crippen LogP) is 2.18. The van der Waals surface area contributed by atoms with Gasteiger partial charge in [0.15, 0.2) is 0 Å². The first-order chi connectivity index (χ1) is 12.9. The van der Waals surface area contributed by atoms with Gasteiger partial charge in [-0.25, -0.2) is 4.79 Å². The minimum atomic E-state index is -0.332. The molecule has 2 aliphatic rings. The number of nitrogens with zero attached hydrogens (tertiary/aromatic N) is 2. The molecule has 2 unspecified atom stereocenters. The van der Waals surface area contributed by atoms with E-state index < -0.39 is 0 Å². The number of amides is 3. The Balaban J connectivity index is 1.49. The van der Waals surface area contributed by atoms with E-state index in [1.807, 2.05) is 32.0 Å². The third-order valence-corrected chi connectivity index (χ3v) is 5.20. The zero-order valence-corrected chi connectivity index (χ0v) is 16.2. The molecule has 0 aromatic heterocycles. The Bertz CT molecular complexity index is 741. The lowest BCUT2D eigenvalue weighted by atomic mass is 10.1. The summed E-state index contributed by atoms with van der Waals surface area (Å²) >= 11 is 0. The Morgan fingerprint density at radius 2 is 1.74 bits per heavy atom. The molecular weight excluding hydrogens is 346 g/mol. The normalized spacial score (nSPS) is 21.6. The molecule has 2 fully saturated rings. The molecule has 7 nitrogen and oxygen atoms in total. The summed E-state index contributed by atoms with van der Waals surface area (Å²) in [6, 6.07) is 5.88. The van der Waals surface area contributed by atoms with Crippen LogP contribution in [0.15, 0.2) is 18.2 Å². The smallest absolute Gasteiger partial charge is 0.409 e. The van der Waals surface area contributed by atoms with Gasteiger partial charge in [0.05, 0.1) is 18.4 Å². The van der Waals surface area contributed by atoms with Gasteiger partial charge in [0, 0.05) is 31.9 Å². The van der Waals surface area contributed by atoms with Crippen molar-refractivity contribution in [3.63, 3.8) is 0 Å². The van der Waals surface area contributed by atoms with Crippen LogP contribution in [0.25, 0.3) is 0 Å². The first-order valence-corrected chi connectivity index (χ1v) is 9.49. The van der Waals surface area contributed by atoms with E-state index in [0.717, 1.165) is 16.8 Å². The van der Waals surface area contributed by atoms with Crippen LogP contribution < -0.4 is 5.32 Å². The van der Waals surface area contributed by atoms with Gasteiger partial charge in [0.1, 0.15) is 0 Å². The highest BCUT2D eigenvalue weighted by atomic mass is 16.6. The maximum atomic E-state index is 12.7. The Kier molecular flexibility index (Phi) is 5.68. The van der Waals surface area contributed by atoms with E-state index in [2.05, 4.69) is 5.32 Å². The Labute approximate surface area is 159 Å². The summed E-state index contributed by atoms with van der Waals surface area (Å²) in [5.74, 6) is -0.587. The SMILES string of the molecule is CCOC(=O)N1CCN(C(=O)C2CC2C(=O)Nc2ccc(C)cc2C)CC1. The van der Waals surface area contributed by atoms with Gasteiger partial charge in [0.2, 0.25) is 11.8 Å². The molecule has 1 aliphatic carbocycles. The van der Waals surface area contributed by atoms with Crippen molar-refractivity contribution in [1.82, 2.24) is 9.80 Å². The summed E-state index contributed by atoms with van der Waals surface area (Å²) in [5.41, 5.74) is 2.96. The zero-order chi connectivity index (χ0) is 19.6. The fourth-order valence-corrected chi connectivity index (χ4v) is 3.50. The second-order valence-electron chi connectivity index (χ2n) is 7.27. The van der Waals surface area contributed by atoms with Crippen LogP contribution in [-0.4, -0.2) is 60.5 Å². The molecule has 0 spiro atoms. The van der Waals surface area contributed by atoms with Crippen LogP contribution in [0, 0.1) is 25.7 Å². The van der Waals surface area contributed by atoms with Gasteiger partial charge in [-0.15, -0.1) is 0 Å². The number of nitrogens with one attached hydrogen (secondary N) is 1. The van der Waals surface area contributed by atoms with Crippen LogP contribution in [-0.2, 0) is 14.3 Å². The van der Waals surface area contributed by atoms with Gasteiger partial charge in [0.25, 0.3) is 0 Å². The maximum absolute atomic E-state index is 12.7. The summed E-state index contributed by atoms with van der Waals surface area (Å²) in [6.07, 6.45) is 0.259. The van der Waals surface area contributed by atoms with E-state index in [1.54, 1.807) is 16.7 Å². The molecule has 3 amide bonds. The molecule has 0 radical (unpaired) electrons. The predicted molar refractivity (Wildman–Crippen MR) is 101 cm³/mol. The quantitative estimate of drug-likeness (QED) is 0.877.